The number of hydrogen-bond acceptors (Lipinski definition) is 2. The molecule has 1 saturated carbocycles. The quantitative estimate of drug-likeness (QED) is 0.410. The summed E-state index contributed by atoms with van der Waals surface area (Å²) in [6, 6.07) is 0.640. The van der Waals surface area contributed by atoms with Crippen LogP contribution in [0.4, 0.5) is 0 Å². The molecule has 1 rings (SSSR count). The van der Waals surface area contributed by atoms with Gasteiger partial charge in [-0.25, -0.2) is 0 Å². The average Bonchev–Trinajstić information content (AvgIpc) is 3.00. The first-order valence-corrected chi connectivity index (χ1v) is 6.98. The minimum Gasteiger partial charge on any atom is -0.357 e. The molecule has 2 unspecified atom stereocenters. The van der Waals surface area contributed by atoms with Gasteiger partial charge in [-0.2, -0.15) is 0 Å². The highest BCUT2D eigenvalue weighted by atomic mass is 127. The summed E-state index contributed by atoms with van der Waals surface area (Å²) in [5.74, 6) is 1.79. The summed E-state index contributed by atoms with van der Waals surface area (Å²) in [4.78, 5) is 7.01. The van der Waals surface area contributed by atoms with Gasteiger partial charge in [0.05, 0.1) is 6.54 Å². The van der Waals surface area contributed by atoms with Crippen molar-refractivity contribution < 1.29 is 0 Å². The summed E-state index contributed by atoms with van der Waals surface area (Å²) in [6.07, 6.45) is 1.28. The van der Waals surface area contributed by atoms with E-state index < -0.39 is 0 Å². The van der Waals surface area contributed by atoms with Crippen molar-refractivity contribution >= 4 is 29.9 Å². The van der Waals surface area contributed by atoms with Crippen LogP contribution in [0.1, 0.15) is 34.1 Å². The lowest BCUT2D eigenvalue weighted by atomic mass is 10.4. The Hall–Kier alpha value is -0.0400. The second-order valence-electron chi connectivity index (χ2n) is 4.75. The summed E-state index contributed by atoms with van der Waals surface area (Å²) in [5, 5.41) is 6.78. The minimum atomic E-state index is 0. The van der Waals surface area contributed by atoms with Gasteiger partial charge in [-0.3, -0.25) is 4.99 Å². The van der Waals surface area contributed by atoms with E-state index in [1.54, 1.807) is 0 Å². The van der Waals surface area contributed by atoms with Crippen molar-refractivity contribution in [1.82, 2.24) is 15.5 Å². The Morgan fingerprint density at radius 2 is 1.89 bits per heavy atom. The zero-order chi connectivity index (χ0) is 12.7. The van der Waals surface area contributed by atoms with Crippen molar-refractivity contribution in [1.29, 1.82) is 0 Å². The largest absolute Gasteiger partial charge is 0.357 e. The average molecular weight is 368 g/mol. The molecule has 2 N–H and O–H groups in total. The van der Waals surface area contributed by atoms with Crippen molar-refractivity contribution in [2.75, 3.05) is 32.7 Å². The highest BCUT2D eigenvalue weighted by Crippen LogP contribution is 2.28. The van der Waals surface area contributed by atoms with E-state index in [9.17, 15) is 0 Å². The van der Waals surface area contributed by atoms with Gasteiger partial charge in [-0.15, -0.1) is 24.0 Å². The predicted octanol–water partition coefficient (Wildman–Crippen LogP) is 1.91. The Balaban J connectivity index is 0.00000289. The number of likely N-dealkylation sites (N-methyl/N-ethyl adjacent to an activating group) is 1. The molecule has 0 aliphatic heterocycles. The van der Waals surface area contributed by atoms with Crippen LogP contribution in [0.3, 0.4) is 0 Å². The molecule has 0 aromatic heterocycles. The van der Waals surface area contributed by atoms with Crippen LogP contribution in [0.5, 0.6) is 0 Å². The van der Waals surface area contributed by atoms with Gasteiger partial charge in [-0.1, -0.05) is 20.8 Å². The van der Waals surface area contributed by atoms with Gasteiger partial charge >= 0.3 is 0 Å². The molecule has 1 fully saturated rings. The van der Waals surface area contributed by atoms with E-state index >= 15 is 0 Å². The molecule has 5 heteroatoms. The number of hydrogen-bond donors (Lipinski definition) is 2. The van der Waals surface area contributed by atoms with Crippen LogP contribution < -0.4 is 10.6 Å². The smallest absolute Gasteiger partial charge is 0.191 e. The molecule has 0 saturated heterocycles. The van der Waals surface area contributed by atoms with Gasteiger partial charge in [-0.05, 0) is 32.4 Å². The van der Waals surface area contributed by atoms with E-state index in [0.717, 1.165) is 44.6 Å². The second kappa shape index (κ2) is 9.83. The first kappa shape index (κ1) is 18.0. The summed E-state index contributed by atoms with van der Waals surface area (Å²) in [7, 11) is 0. The molecule has 0 amide bonds. The molecule has 0 aromatic carbocycles. The first-order valence-electron chi connectivity index (χ1n) is 6.98. The molecule has 4 nitrogen and oxygen atoms in total. The van der Waals surface area contributed by atoms with E-state index in [4.69, 9.17) is 0 Å². The first-order chi connectivity index (χ1) is 8.21. The lowest BCUT2D eigenvalue weighted by Crippen LogP contribution is -2.39. The van der Waals surface area contributed by atoms with Gasteiger partial charge < -0.3 is 15.5 Å². The van der Waals surface area contributed by atoms with Crippen LogP contribution in [0.15, 0.2) is 4.99 Å². The maximum atomic E-state index is 4.62. The van der Waals surface area contributed by atoms with Crippen LogP contribution in [-0.2, 0) is 0 Å². The number of aliphatic imine (C=N–C) groups is 1. The third-order valence-corrected chi connectivity index (χ3v) is 3.36. The molecule has 18 heavy (non-hydrogen) atoms. The minimum absolute atomic E-state index is 0. The Kier molecular flexibility index (Phi) is 9.81. The molecule has 1 aliphatic rings. The van der Waals surface area contributed by atoms with E-state index in [1.807, 2.05) is 0 Å². The lowest BCUT2D eigenvalue weighted by molar-refractivity contribution is 0.313. The van der Waals surface area contributed by atoms with E-state index in [1.165, 1.54) is 6.42 Å². The summed E-state index contributed by atoms with van der Waals surface area (Å²) >= 11 is 0. The Bertz CT molecular complexity index is 241. The Morgan fingerprint density at radius 1 is 1.28 bits per heavy atom. The van der Waals surface area contributed by atoms with Crippen LogP contribution in [0.2, 0.25) is 0 Å². The lowest BCUT2D eigenvalue weighted by Gasteiger charge is -2.17. The fourth-order valence-corrected chi connectivity index (χ4v) is 1.86. The van der Waals surface area contributed by atoms with Gasteiger partial charge in [0, 0.05) is 19.1 Å². The molecule has 0 bridgehead atoms. The van der Waals surface area contributed by atoms with Crippen molar-refractivity contribution in [3.63, 3.8) is 0 Å². The number of nitrogens with zero attached hydrogens (tertiary/aromatic N) is 2. The molecular weight excluding hydrogens is 339 g/mol. The van der Waals surface area contributed by atoms with Gasteiger partial charge in [0.2, 0.25) is 0 Å². The molecule has 108 valence electrons. The summed E-state index contributed by atoms with van der Waals surface area (Å²) < 4.78 is 0. The predicted molar refractivity (Wildman–Crippen MR) is 89.9 cm³/mol. The normalized spacial score (nSPS) is 22.6. The second-order valence-corrected chi connectivity index (χ2v) is 4.75. The van der Waals surface area contributed by atoms with E-state index in [-0.39, 0.29) is 24.0 Å². The van der Waals surface area contributed by atoms with Crippen molar-refractivity contribution in [2.45, 2.75) is 40.2 Å². The Morgan fingerprint density at radius 3 is 2.33 bits per heavy atom. The highest BCUT2D eigenvalue weighted by Gasteiger charge is 2.33. The van der Waals surface area contributed by atoms with Gasteiger partial charge in [0.25, 0.3) is 0 Å². The molecule has 0 radical (unpaired) electrons. The summed E-state index contributed by atoms with van der Waals surface area (Å²) in [5.41, 5.74) is 0. The number of halogens is 1. The fourth-order valence-electron chi connectivity index (χ4n) is 1.86. The molecule has 0 aromatic rings. The topological polar surface area (TPSA) is 39.7 Å². The van der Waals surface area contributed by atoms with Gasteiger partial charge in [0.15, 0.2) is 5.96 Å². The highest BCUT2D eigenvalue weighted by molar-refractivity contribution is 14.0. The standard InChI is InChI=1S/C13H28N4.HI/c1-5-14-13(16-12-10-11(12)4)15-8-9-17(6-2)7-3;/h11-12H,5-10H2,1-4H3,(H2,14,15,16);1H. The zero-order valence-electron chi connectivity index (χ0n) is 12.2. The third kappa shape index (κ3) is 6.78. The SMILES string of the molecule is CCNC(=NCCN(CC)CC)NC1CC1C.I. The molecular formula is C13H29IN4. The van der Waals surface area contributed by atoms with Crippen molar-refractivity contribution in [3.8, 4) is 0 Å². The number of nitrogens with one attached hydrogen (secondary N) is 2. The Labute approximate surface area is 129 Å². The van der Waals surface area contributed by atoms with Crippen LogP contribution in [-0.4, -0.2) is 49.6 Å². The van der Waals surface area contributed by atoms with Gasteiger partial charge in [0.1, 0.15) is 0 Å². The fraction of sp³-hybridized carbons (Fsp3) is 0.923. The van der Waals surface area contributed by atoms with Crippen molar-refractivity contribution in [2.24, 2.45) is 10.9 Å². The van der Waals surface area contributed by atoms with Crippen LogP contribution in [0.25, 0.3) is 0 Å². The molecule has 1 aliphatic carbocycles. The van der Waals surface area contributed by atoms with Crippen LogP contribution in [0, 0.1) is 5.92 Å². The van der Waals surface area contributed by atoms with E-state index in [2.05, 4.69) is 48.2 Å². The molecule has 0 spiro atoms. The molecule has 2 atom stereocenters. The maximum absolute atomic E-state index is 4.62. The monoisotopic (exact) mass is 368 g/mol. The summed E-state index contributed by atoms with van der Waals surface area (Å²) in [6.45, 7) is 13.8. The van der Waals surface area contributed by atoms with Crippen LogP contribution >= 0.6 is 24.0 Å². The van der Waals surface area contributed by atoms with Crippen molar-refractivity contribution in [3.05, 3.63) is 0 Å². The molecule has 0 heterocycles. The third-order valence-electron chi connectivity index (χ3n) is 3.36. The zero-order valence-corrected chi connectivity index (χ0v) is 14.5. The maximum Gasteiger partial charge on any atom is 0.191 e. The van der Waals surface area contributed by atoms with E-state index in [0.29, 0.717) is 6.04 Å². The number of rotatable bonds is 7. The number of guanidine groups is 1.